The van der Waals surface area contributed by atoms with Crippen molar-refractivity contribution < 1.29 is 65.2 Å². The van der Waals surface area contributed by atoms with Crippen LogP contribution in [-0.2, 0) is 48.0 Å². The average Bonchev–Trinajstić information content (AvgIpc) is 3.24. The van der Waals surface area contributed by atoms with Crippen LogP contribution in [0.25, 0.3) is 18.2 Å². The Morgan fingerprint density at radius 3 is 1.51 bits per heavy atom. The summed E-state index contributed by atoms with van der Waals surface area (Å²) in [5.74, 6) is -1.03. The lowest BCUT2D eigenvalue weighted by molar-refractivity contribution is -0.143. The van der Waals surface area contributed by atoms with Gasteiger partial charge in [0, 0.05) is 35.3 Å². The first kappa shape index (κ1) is 45.3. The number of carboxylic acid groups (broad SMARTS) is 2. The zero-order valence-electron chi connectivity index (χ0n) is 33.3. The summed E-state index contributed by atoms with van der Waals surface area (Å²) in [5, 5.41) is 17.3. The van der Waals surface area contributed by atoms with Gasteiger partial charge in [-0.15, -0.1) is 0 Å². The minimum Gasteiger partial charge on any atom is -0.489 e. The van der Waals surface area contributed by atoms with Crippen molar-refractivity contribution in [2.24, 2.45) is 0 Å². The molecule has 2 N–H and O–H groups in total. The second-order valence-electron chi connectivity index (χ2n) is 14.7. The molecule has 8 nitrogen and oxygen atoms in total. The zero-order valence-corrected chi connectivity index (χ0v) is 33.3. The van der Waals surface area contributed by atoms with Crippen LogP contribution in [0.3, 0.4) is 0 Å². The molecule has 0 radical (unpaired) electrons. The van der Waals surface area contributed by atoms with Gasteiger partial charge in [-0.05, 0) is 137 Å². The summed E-state index contributed by atoms with van der Waals surface area (Å²) in [4.78, 5) is 45.9. The summed E-state index contributed by atoms with van der Waals surface area (Å²) < 4.78 is 90.7. The highest BCUT2D eigenvalue weighted by Gasteiger charge is 2.37. The maximum atomic E-state index is 13.2. The molecule has 63 heavy (non-hydrogen) atoms. The van der Waals surface area contributed by atoms with Gasteiger partial charge in [-0.1, -0.05) is 48.5 Å². The number of Topliss-reactive ketones (excluding diaryl/α,β-unsaturated/α-hetero) is 2. The summed E-state index contributed by atoms with van der Waals surface area (Å²) >= 11 is 0. The van der Waals surface area contributed by atoms with Crippen molar-refractivity contribution in [2.45, 2.75) is 57.7 Å². The maximum absolute atomic E-state index is 13.2. The van der Waals surface area contributed by atoms with Crippen molar-refractivity contribution in [1.82, 2.24) is 0 Å². The number of halogens is 6. The monoisotopic (exact) mass is 868 g/mol. The molecule has 2 aliphatic carbocycles. The molecular weight excluding hydrogens is 831 g/mol. The molecule has 324 valence electrons. The van der Waals surface area contributed by atoms with Crippen molar-refractivity contribution in [3.63, 3.8) is 0 Å². The molecule has 0 aromatic heterocycles. The van der Waals surface area contributed by atoms with Crippen LogP contribution in [0.4, 0.5) is 26.3 Å². The van der Waals surface area contributed by atoms with Crippen LogP contribution in [0.2, 0.25) is 0 Å². The molecule has 0 fully saturated rings. The molecule has 0 atom stereocenters. The Labute approximate surface area is 357 Å². The molecular formula is C49H38F6O8. The van der Waals surface area contributed by atoms with Gasteiger partial charge in [0.1, 0.15) is 24.7 Å². The number of benzene rings is 5. The summed E-state index contributed by atoms with van der Waals surface area (Å²) in [5.41, 5.74) is 3.07. The standard InChI is InChI=1S/C29H20F6O4.C20H18O4/c30-28(31,32)22-12-19(13-23(15-22)29(33,34)35)11-21-7-6-20-14-24(8-9-25(20)27(21)38)39-16-18-3-1-17(2-4-18)5-10-26(36)37;21-19-3-1-2-16-12-17(9-10-18(16)19)24-13-15-6-4-14(5-7-15)8-11-20(22)23/h1-5,8-15H,6-7,16H2,(H,36,37);4-12H,1-3,13H2,(H,22,23)/b10-5+,21-11+;11-8+. The second kappa shape index (κ2) is 19.7. The Bertz CT molecular complexity index is 2570. The Balaban J connectivity index is 0.000000235. The molecule has 0 saturated carbocycles. The third-order valence-electron chi connectivity index (χ3n) is 10.1. The molecule has 2 aliphatic rings. The first-order valence-corrected chi connectivity index (χ1v) is 19.5. The van der Waals surface area contributed by atoms with E-state index in [4.69, 9.17) is 19.7 Å². The van der Waals surface area contributed by atoms with E-state index < -0.39 is 41.2 Å². The van der Waals surface area contributed by atoms with Crippen molar-refractivity contribution in [1.29, 1.82) is 0 Å². The number of ketones is 2. The van der Waals surface area contributed by atoms with E-state index in [0.29, 0.717) is 54.0 Å². The third kappa shape index (κ3) is 12.7. The van der Waals surface area contributed by atoms with Gasteiger partial charge >= 0.3 is 24.3 Å². The van der Waals surface area contributed by atoms with Crippen molar-refractivity contribution in [3.8, 4) is 11.5 Å². The highest BCUT2D eigenvalue weighted by atomic mass is 19.4. The van der Waals surface area contributed by atoms with E-state index in [2.05, 4.69) is 0 Å². The van der Waals surface area contributed by atoms with E-state index in [9.17, 15) is 45.5 Å². The van der Waals surface area contributed by atoms with Crippen molar-refractivity contribution in [3.05, 3.63) is 182 Å². The van der Waals surface area contributed by atoms with Crippen LogP contribution < -0.4 is 9.47 Å². The number of aliphatic carboxylic acids is 2. The smallest absolute Gasteiger partial charge is 0.416 e. The molecule has 5 aromatic carbocycles. The third-order valence-corrected chi connectivity index (χ3v) is 10.1. The fourth-order valence-electron chi connectivity index (χ4n) is 6.88. The van der Waals surface area contributed by atoms with Crippen LogP contribution in [0.15, 0.2) is 121 Å². The molecule has 14 heteroatoms. The molecule has 0 aliphatic heterocycles. The number of carboxylic acids is 2. The van der Waals surface area contributed by atoms with Gasteiger partial charge in [-0.3, -0.25) is 9.59 Å². The lowest BCUT2D eigenvalue weighted by Crippen LogP contribution is -2.15. The van der Waals surface area contributed by atoms with Gasteiger partial charge in [-0.25, -0.2) is 9.59 Å². The molecule has 7 rings (SSSR count). The number of aryl methyl sites for hydroxylation is 2. The Morgan fingerprint density at radius 1 is 0.556 bits per heavy atom. The summed E-state index contributed by atoms with van der Waals surface area (Å²) in [6, 6.07) is 26.2. The Morgan fingerprint density at radius 2 is 1.03 bits per heavy atom. The molecule has 0 unspecified atom stereocenters. The van der Waals surface area contributed by atoms with Crippen LogP contribution in [-0.4, -0.2) is 33.7 Å². The van der Waals surface area contributed by atoms with Crippen molar-refractivity contribution >= 4 is 41.7 Å². The van der Waals surface area contributed by atoms with Gasteiger partial charge in [0.15, 0.2) is 11.6 Å². The Hall–Kier alpha value is -7.22. The van der Waals surface area contributed by atoms with E-state index >= 15 is 0 Å². The highest BCUT2D eigenvalue weighted by Crippen LogP contribution is 2.38. The first-order chi connectivity index (χ1) is 29.9. The van der Waals surface area contributed by atoms with Gasteiger partial charge in [0.25, 0.3) is 0 Å². The number of hydrogen-bond donors (Lipinski definition) is 2. The lowest BCUT2D eigenvalue weighted by atomic mass is 9.85. The number of rotatable bonds is 11. The van der Waals surface area contributed by atoms with Gasteiger partial charge in [-0.2, -0.15) is 26.3 Å². The topological polar surface area (TPSA) is 127 Å². The van der Waals surface area contributed by atoms with E-state index in [0.717, 1.165) is 64.6 Å². The molecule has 0 heterocycles. The largest absolute Gasteiger partial charge is 0.489 e. The number of fused-ring (bicyclic) bond motifs is 2. The SMILES string of the molecule is O=C(O)/C=C/c1ccc(COc2ccc3c(c2)CC/C(=C\c2cc(C(F)(F)F)cc(C(F)(F)F)c2)C3=O)cc1.O=C(O)/C=C/c1ccc(COc2ccc3c(c2)CCCC3=O)cc1. The van der Waals surface area contributed by atoms with E-state index in [-0.39, 0.29) is 36.0 Å². The van der Waals surface area contributed by atoms with E-state index in [1.54, 1.807) is 42.5 Å². The van der Waals surface area contributed by atoms with Gasteiger partial charge in [0.05, 0.1) is 11.1 Å². The quantitative estimate of drug-likeness (QED) is 0.0992. The maximum Gasteiger partial charge on any atom is 0.416 e. The fourth-order valence-corrected chi connectivity index (χ4v) is 6.88. The first-order valence-electron chi connectivity index (χ1n) is 19.5. The number of allylic oxidation sites excluding steroid dienone is 1. The number of alkyl halides is 6. The molecule has 0 saturated heterocycles. The number of carbonyl (C=O) groups excluding carboxylic acids is 2. The van der Waals surface area contributed by atoms with Crippen LogP contribution in [0.5, 0.6) is 11.5 Å². The van der Waals surface area contributed by atoms with Crippen LogP contribution in [0.1, 0.15) is 90.0 Å². The average molecular weight is 869 g/mol. The van der Waals surface area contributed by atoms with Crippen molar-refractivity contribution in [2.75, 3.05) is 0 Å². The zero-order chi connectivity index (χ0) is 45.3. The lowest BCUT2D eigenvalue weighted by Gasteiger charge is -2.19. The minimum atomic E-state index is -4.98. The number of ether oxygens (including phenoxy) is 2. The Kier molecular flexibility index (Phi) is 14.1. The fraction of sp³-hybridized carbons (Fsp3) is 0.184. The van der Waals surface area contributed by atoms with Crippen LogP contribution in [0, 0.1) is 0 Å². The van der Waals surface area contributed by atoms with Gasteiger partial charge in [0.2, 0.25) is 0 Å². The molecule has 0 amide bonds. The number of hydrogen-bond acceptors (Lipinski definition) is 6. The number of carbonyl (C=O) groups is 4. The summed E-state index contributed by atoms with van der Waals surface area (Å²) in [6.07, 6.45) is -0.792. The summed E-state index contributed by atoms with van der Waals surface area (Å²) in [7, 11) is 0. The normalized spacial score (nSPS) is 14.5. The second-order valence-corrected chi connectivity index (χ2v) is 14.7. The van der Waals surface area contributed by atoms with E-state index in [1.807, 2.05) is 42.5 Å². The van der Waals surface area contributed by atoms with Crippen LogP contribution >= 0.6 is 0 Å². The molecule has 5 aromatic rings. The minimum absolute atomic E-state index is 0.0480. The summed E-state index contributed by atoms with van der Waals surface area (Å²) in [6.45, 7) is 0.632. The predicted molar refractivity (Wildman–Crippen MR) is 222 cm³/mol. The molecule has 0 bridgehead atoms. The highest BCUT2D eigenvalue weighted by molar-refractivity contribution is 6.13. The van der Waals surface area contributed by atoms with E-state index in [1.165, 1.54) is 12.1 Å². The molecule has 0 spiro atoms. The van der Waals surface area contributed by atoms with Gasteiger partial charge < -0.3 is 19.7 Å². The predicted octanol–water partition coefficient (Wildman–Crippen LogP) is 11.5.